The van der Waals surface area contributed by atoms with Crippen molar-refractivity contribution in [2.75, 3.05) is 19.0 Å². The van der Waals surface area contributed by atoms with Gasteiger partial charge in [0.25, 0.3) is 0 Å². The second-order valence-electron chi connectivity index (χ2n) is 5.63. The smallest absolute Gasteiger partial charge is 0.437 e. The minimum Gasteiger partial charge on any atom is -0.437 e. The van der Waals surface area contributed by atoms with Crippen LogP contribution in [0, 0.1) is 0 Å². The van der Waals surface area contributed by atoms with Gasteiger partial charge in [-0.25, -0.2) is 9.59 Å². The Morgan fingerprint density at radius 1 is 1.11 bits per heavy atom. The van der Waals surface area contributed by atoms with E-state index in [4.69, 9.17) is 37.4 Å². The molecule has 10 heteroatoms. The summed E-state index contributed by atoms with van der Waals surface area (Å²) in [5.41, 5.74) is 1.52. The van der Waals surface area contributed by atoms with E-state index in [1.807, 2.05) is 0 Å². The second kappa shape index (κ2) is 10.0. The second-order valence-corrected chi connectivity index (χ2v) is 7.20. The van der Waals surface area contributed by atoms with Crippen molar-refractivity contribution in [2.24, 2.45) is 0 Å². The monoisotopic (exact) mass is 493 g/mol. The third-order valence-electron chi connectivity index (χ3n) is 3.78. The van der Waals surface area contributed by atoms with E-state index in [2.05, 4.69) is 26.0 Å². The molecule has 0 amide bonds. The first kappa shape index (κ1) is 22.4. The van der Waals surface area contributed by atoms with Gasteiger partial charge in [-0.2, -0.15) is 0 Å². The first-order valence-electron chi connectivity index (χ1n) is 8.09. The third-order valence-corrected chi connectivity index (χ3v) is 4.94. The van der Waals surface area contributed by atoms with Crippen LogP contribution in [0.5, 0.6) is 0 Å². The summed E-state index contributed by atoms with van der Waals surface area (Å²) in [6.45, 7) is 3.53. The fourth-order valence-electron chi connectivity index (χ4n) is 2.63. The van der Waals surface area contributed by atoms with E-state index in [1.54, 1.807) is 32.0 Å². The van der Waals surface area contributed by atoms with E-state index in [1.165, 1.54) is 7.11 Å². The summed E-state index contributed by atoms with van der Waals surface area (Å²) in [5, 5.41) is 4.00. The van der Waals surface area contributed by atoms with Gasteiger partial charge in [0, 0.05) is 5.33 Å². The molecule has 0 bridgehead atoms. The number of hydrogen-bond acceptors (Lipinski definition) is 7. The average Bonchev–Trinajstić information content (AvgIpc) is 2.66. The van der Waals surface area contributed by atoms with Crippen LogP contribution in [0.1, 0.15) is 25.3 Å². The Bertz CT molecular complexity index is 839. The fraction of sp³-hybridized carbons (Fsp3) is 0.333. The van der Waals surface area contributed by atoms with Crippen LogP contribution >= 0.6 is 39.1 Å². The topological polar surface area (TPSA) is 83.1 Å². The Balaban J connectivity index is 2.54. The van der Waals surface area contributed by atoms with Crippen LogP contribution < -0.4 is 5.32 Å². The van der Waals surface area contributed by atoms with Gasteiger partial charge in [-0.1, -0.05) is 51.3 Å². The molecule has 0 spiro atoms. The standard InChI is InChI=1S/C18H18BrCl2NO6/c1-9-15(27-17(23)25-3)13(11-5-4-6-12(20)14(11)21)16(10(2)22-9)28-18(24)26-8-7-19/h4-6,13,22H,7-8H2,1-3H3. The van der Waals surface area contributed by atoms with Crippen molar-refractivity contribution >= 4 is 51.4 Å². The first-order valence-corrected chi connectivity index (χ1v) is 9.96. The molecule has 0 aromatic heterocycles. The molecule has 0 radical (unpaired) electrons. The largest absolute Gasteiger partial charge is 0.513 e. The van der Waals surface area contributed by atoms with Gasteiger partial charge in [0.2, 0.25) is 0 Å². The third kappa shape index (κ3) is 5.12. The predicted molar refractivity (Wildman–Crippen MR) is 107 cm³/mol. The summed E-state index contributed by atoms with van der Waals surface area (Å²) in [6.07, 6.45) is -1.84. The number of alkyl halides is 1. The highest BCUT2D eigenvalue weighted by atomic mass is 79.9. The number of rotatable bonds is 5. The van der Waals surface area contributed by atoms with Gasteiger partial charge < -0.3 is 24.3 Å². The van der Waals surface area contributed by atoms with Crippen molar-refractivity contribution in [3.05, 3.63) is 56.7 Å². The molecule has 1 unspecified atom stereocenters. The highest BCUT2D eigenvalue weighted by Gasteiger charge is 2.37. The van der Waals surface area contributed by atoms with Crippen LogP contribution in [0.4, 0.5) is 9.59 Å². The lowest BCUT2D eigenvalue weighted by Crippen LogP contribution is -2.29. The molecule has 0 saturated heterocycles. The Labute approximate surface area is 180 Å². The molecular weight excluding hydrogens is 477 g/mol. The number of halogens is 3. The molecule has 0 fully saturated rings. The van der Waals surface area contributed by atoms with Gasteiger partial charge in [-0.3, -0.25) is 0 Å². The van der Waals surface area contributed by atoms with Gasteiger partial charge in [0.05, 0.1) is 28.5 Å². The number of benzene rings is 1. The molecule has 28 heavy (non-hydrogen) atoms. The summed E-state index contributed by atoms with van der Waals surface area (Å²) < 4.78 is 20.3. The molecule has 1 aliphatic rings. The van der Waals surface area contributed by atoms with Gasteiger partial charge in [-0.15, -0.1) is 0 Å². The van der Waals surface area contributed by atoms with E-state index >= 15 is 0 Å². The normalized spacial score (nSPS) is 16.4. The molecule has 2 rings (SSSR count). The van der Waals surface area contributed by atoms with Crippen molar-refractivity contribution < 1.29 is 28.5 Å². The molecule has 1 aromatic rings. The van der Waals surface area contributed by atoms with E-state index in [0.29, 0.717) is 27.3 Å². The van der Waals surface area contributed by atoms with Gasteiger partial charge in [0.1, 0.15) is 24.0 Å². The predicted octanol–water partition coefficient (Wildman–Crippen LogP) is 5.47. The van der Waals surface area contributed by atoms with Gasteiger partial charge in [-0.05, 0) is 25.5 Å². The zero-order chi connectivity index (χ0) is 20.8. The SMILES string of the molecule is COC(=O)OC1=C(C)NC(C)=C(OC(=O)OCCBr)C1c1cccc(Cl)c1Cl. The summed E-state index contributed by atoms with van der Waals surface area (Å²) >= 11 is 15.7. The number of dihydropyridines is 1. The van der Waals surface area contributed by atoms with Crippen LogP contribution in [-0.2, 0) is 18.9 Å². The molecule has 1 heterocycles. The van der Waals surface area contributed by atoms with Crippen molar-refractivity contribution in [2.45, 2.75) is 19.8 Å². The summed E-state index contributed by atoms with van der Waals surface area (Å²) in [5.74, 6) is -0.513. The quantitative estimate of drug-likeness (QED) is 0.429. The highest BCUT2D eigenvalue weighted by molar-refractivity contribution is 9.09. The Morgan fingerprint density at radius 3 is 2.29 bits per heavy atom. The maximum Gasteiger partial charge on any atom is 0.513 e. The van der Waals surface area contributed by atoms with E-state index < -0.39 is 18.2 Å². The van der Waals surface area contributed by atoms with Gasteiger partial charge >= 0.3 is 12.3 Å². The molecule has 0 saturated carbocycles. The van der Waals surface area contributed by atoms with Crippen LogP contribution in [-0.4, -0.2) is 31.4 Å². The van der Waals surface area contributed by atoms with Gasteiger partial charge in [0.15, 0.2) is 0 Å². The highest BCUT2D eigenvalue weighted by Crippen LogP contribution is 2.43. The lowest BCUT2D eigenvalue weighted by Gasteiger charge is -2.30. The van der Waals surface area contributed by atoms with Crippen LogP contribution in [0.3, 0.4) is 0 Å². The van der Waals surface area contributed by atoms with Crippen LogP contribution in [0.15, 0.2) is 41.1 Å². The van der Waals surface area contributed by atoms with E-state index in [0.717, 1.165) is 0 Å². The minimum absolute atomic E-state index is 0.127. The maximum absolute atomic E-state index is 12.1. The zero-order valence-electron chi connectivity index (χ0n) is 15.3. The van der Waals surface area contributed by atoms with E-state index in [-0.39, 0.29) is 23.1 Å². The first-order chi connectivity index (χ1) is 13.3. The fourth-order valence-corrected chi connectivity index (χ4v) is 3.20. The van der Waals surface area contributed by atoms with Crippen molar-refractivity contribution in [3.63, 3.8) is 0 Å². The van der Waals surface area contributed by atoms with Crippen LogP contribution in [0.25, 0.3) is 0 Å². The number of carbonyl (C=O) groups excluding carboxylic acids is 2. The Kier molecular flexibility index (Phi) is 8.03. The molecule has 152 valence electrons. The lowest BCUT2D eigenvalue weighted by atomic mass is 9.90. The zero-order valence-corrected chi connectivity index (χ0v) is 18.4. The summed E-state index contributed by atoms with van der Waals surface area (Å²) in [7, 11) is 1.19. The number of allylic oxidation sites excluding steroid dienone is 2. The lowest BCUT2D eigenvalue weighted by molar-refractivity contribution is 0.0703. The van der Waals surface area contributed by atoms with E-state index in [9.17, 15) is 9.59 Å². The average molecular weight is 495 g/mol. The number of nitrogens with one attached hydrogen (secondary N) is 1. The number of methoxy groups -OCH3 is 1. The molecule has 1 aromatic carbocycles. The molecule has 0 aliphatic carbocycles. The maximum atomic E-state index is 12.1. The van der Waals surface area contributed by atoms with Crippen LogP contribution in [0.2, 0.25) is 10.0 Å². The number of hydrogen-bond donors (Lipinski definition) is 1. The number of carbonyl (C=O) groups is 2. The molecule has 1 aliphatic heterocycles. The van der Waals surface area contributed by atoms with Crippen molar-refractivity contribution in [1.29, 1.82) is 0 Å². The molecular formula is C18H18BrCl2NO6. The minimum atomic E-state index is -0.930. The molecule has 1 atom stereocenters. The Hall–Kier alpha value is -1.90. The summed E-state index contributed by atoms with van der Waals surface area (Å²) in [6, 6.07) is 5.00. The van der Waals surface area contributed by atoms with Crippen molar-refractivity contribution in [3.8, 4) is 0 Å². The summed E-state index contributed by atoms with van der Waals surface area (Å²) in [4.78, 5) is 23.9. The molecule has 7 nitrogen and oxygen atoms in total. The Morgan fingerprint density at radius 2 is 1.71 bits per heavy atom. The van der Waals surface area contributed by atoms with Crippen molar-refractivity contribution in [1.82, 2.24) is 5.32 Å². The molecule has 1 N–H and O–H groups in total. The number of ether oxygens (including phenoxy) is 4.